The van der Waals surface area contributed by atoms with Gasteiger partial charge in [-0.05, 0) is 85.8 Å². The van der Waals surface area contributed by atoms with Gasteiger partial charge in [0.05, 0.1) is 13.2 Å². The molecule has 3 heterocycles. The van der Waals surface area contributed by atoms with Crippen LogP contribution in [0.3, 0.4) is 0 Å². The topological polar surface area (TPSA) is 175 Å². The van der Waals surface area contributed by atoms with E-state index in [1.807, 2.05) is 0 Å². The molecular weight excluding hydrogens is 554 g/mol. The number of rotatable bonds is 16. The summed E-state index contributed by atoms with van der Waals surface area (Å²) in [6.45, 7) is 11.0. The van der Waals surface area contributed by atoms with Crippen LogP contribution in [0.2, 0.25) is 0 Å². The quantitative estimate of drug-likeness (QED) is 0.113. The van der Waals surface area contributed by atoms with Gasteiger partial charge in [0.25, 0.3) is 0 Å². The average molecular weight is 598 g/mol. The van der Waals surface area contributed by atoms with Crippen LogP contribution in [0.4, 0.5) is 0 Å². The van der Waals surface area contributed by atoms with Crippen molar-refractivity contribution >= 4 is 23.9 Å². The molecule has 43 heavy (non-hydrogen) atoms. The van der Waals surface area contributed by atoms with Gasteiger partial charge >= 0.3 is 23.9 Å². The number of hydrogen-bond donors (Lipinski definition) is 5. The highest BCUT2D eigenvalue weighted by Gasteiger charge is 2.24. The number of carbonyl (C=O) groups excluding carboxylic acids is 2. The highest BCUT2D eigenvalue weighted by molar-refractivity contribution is 5.88. The Balaban J connectivity index is 1.98. The summed E-state index contributed by atoms with van der Waals surface area (Å²) in [6, 6.07) is 0. The third-order valence-corrected chi connectivity index (χ3v) is 7.93. The number of carboxylic acid groups (broad SMARTS) is 2. The second-order valence-corrected chi connectivity index (χ2v) is 10.8. The summed E-state index contributed by atoms with van der Waals surface area (Å²) in [5.41, 5.74) is 9.34. The molecule has 0 aromatic carbocycles. The lowest BCUT2D eigenvalue weighted by atomic mass is 9.97. The predicted molar refractivity (Wildman–Crippen MR) is 160 cm³/mol. The summed E-state index contributed by atoms with van der Waals surface area (Å²) >= 11 is 0. The lowest BCUT2D eigenvalue weighted by molar-refractivity contribution is -0.142. The Morgan fingerprint density at radius 3 is 1.26 bits per heavy atom. The molecule has 11 heteroatoms. The lowest BCUT2D eigenvalue weighted by Crippen LogP contribution is -2.04. The Kier molecular flexibility index (Phi) is 11.4. The van der Waals surface area contributed by atoms with Crippen molar-refractivity contribution in [1.82, 2.24) is 15.0 Å². The monoisotopic (exact) mass is 597 g/mol. The molecule has 0 radical (unpaired) electrons. The fraction of sp³-hybridized carbons (Fsp3) is 0.500. The molecule has 0 aliphatic carbocycles. The second kappa shape index (κ2) is 14.8. The Bertz CT molecular complexity index is 1380. The molecule has 11 nitrogen and oxygen atoms in total. The molecule has 5 N–H and O–H groups in total. The van der Waals surface area contributed by atoms with Gasteiger partial charge in [0.2, 0.25) is 0 Å². The number of aromatic amines is 3. The molecule has 234 valence electrons. The van der Waals surface area contributed by atoms with E-state index in [2.05, 4.69) is 28.8 Å². The zero-order chi connectivity index (χ0) is 31.8. The molecule has 3 aromatic rings. The van der Waals surface area contributed by atoms with E-state index in [0.717, 1.165) is 57.9 Å². The van der Waals surface area contributed by atoms with E-state index in [4.69, 9.17) is 9.47 Å². The van der Waals surface area contributed by atoms with Gasteiger partial charge in [0.1, 0.15) is 11.4 Å². The molecule has 3 rings (SSSR count). The second-order valence-electron chi connectivity index (χ2n) is 10.8. The van der Waals surface area contributed by atoms with Crippen LogP contribution in [-0.4, -0.2) is 62.3 Å². The molecule has 0 unspecified atom stereocenters. The minimum Gasteiger partial charge on any atom is -0.477 e. The first-order valence-corrected chi connectivity index (χ1v) is 14.7. The zero-order valence-corrected chi connectivity index (χ0v) is 25.9. The van der Waals surface area contributed by atoms with E-state index in [1.54, 1.807) is 13.8 Å². The van der Waals surface area contributed by atoms with Crippen LogP contribution in [0.25, 0.3) is 0 Å². The molecule has 0 bridgehead atoms. The van der Waals surface area contributed by atoms with Crippen molar-refractivity contribution in [1.29, 1.82) is 0 Å². The Hall–Kier alpha value is -4.28. The molecule has 0 spiro atoms. The number of carbonyl (C=O) groups is 4. The van der Waals surface area contributed by atoms with Gasteiger partial charge in [-0.25, -0.2) is 9.59 Å². The molecule has 3 aromatic heterocycles. The third-order valence-electron chi connectivity index (χ3n) is 7.93. The molecule has 0 amide bonds. The predicted octanol–water partition coefficient (Wildman–Crippen LogP) is 4.98. The number of nitrogens with one attached hydrogen (secondary N) is 3. The first-order valence-electron chi connectivity index (χ1n) is 14.7. The van der Waals surface area contributed by atoms with Gasteiger partial charge < -0.3 is 34.6 Å². The first-order chi connectivity index (χ1) is 20.4. The van der Waals surface area contributed by atoms with E-state index in [0.29, 0.717) is 49.7 Å². The maximum absolute atomic E-state index is 11.9. The van der Waals surface area contributed by atoms with Gasteiger partial charge in [-0.2, -0.15) is 0 Å². The molecule has 0 atom stereocenters. The molecule has 0 saturated carbocycles. The summed E-state index contributed by atoms with van der Waals surface area (Å²) in [7, 11) is 0. The number of ether oxygens (including phenoxy) is 2. The normalized spacial score (nSPS) is 11.1. The molecule has 0 saturated heterocycles. The maximum Gasteiger partial charge on any atom is 0.352 e. The van der Waals surface area contributed by atoms with Crippen molar-refractivity contribution in [3.63, 3.8) is 0 Å². The summed E-state index contributed by atoms with van der Waals surface area (Å²) in [5.74, 6) is -2.76. The van der Waals surface area contributed by atoms with Gasteiger partial charge in [-0.15, -0.1) is 0 Å². The van der Waals surface area contributed by atoms with E-state index >= 15 is 0 Å². The van der Waals surface area contributed by atoms with E-state index < -0.39 is 11.9 Å². The summed E-state index contributed by atoms with van der Waals surface area (Å²) in [6.07, 6.45) is 4.72. The lowest BCUT2D eigenvalue weighted by Gasteiger charge is -2.08. The van der Waals surface area contributed by atoms with Crippen LogP contribution in [-0.2, 0) is 57.6 Å². The van der Waals surface area contributed by atoms with Crippen LogP contribution < -0.4 is 0 Å². The van der Waals surface area contributed by atoms with Crippen molar-refractivity contribution in [2.75, 3.05) is 13.2 Å². The summed E-state index contributed by atoms with van der Waals surface area (Å²) < 4.78 is 10.2. The average Bonchev–Trinajstić information content (AvgIpc) is 3.55. The van der Waals surface area contributed by atoms with Crippen LogP contribution in [0.15, 0.2) is 0 Å². The van der Waals surface area contributed by atoms with Crippen molar-refractivity contribution in [3.05, 3.63) is 67.5 Å². The standard InChI is InChI=1S/C32H43N3O8/c1-7-21-22(8-2)26(16-28-24(12-10-14-43-20(6)37)18(4)30(35-28)32(40)41)33-25(21)15-27-23(11-9-13-42-19(5)36)17(3)29(34-27)31(38)39/h33-35H,7-16H2,1-6H3,(H,38,39)(H,40,41). The number of H-pyrrole nitrogens is 3. The van der Waals surface area contributed by atoms with E-state index in [9.17, 15) is 29.4 Å². The van der Waals surface area contributed by atoms with Crippen molar-refractivity contribution in [2.45, 2.75) is 92.9 Å². The van der Waals surface area contributed by atoms with Gasteiger partial charge in [0, 0.05) is 49.5 Å². The van der Waals surface area contributed by atoms with Crippen molar-refractivity contribution < 1.29 is 38.9 Å². The van der Waals surface area contributed by atoms with E-state index in [-0.39, 0.29) is 36.5 Å². The third kappa shape index (κ3) is 7.97. The number of aromatic carboxylic acids is 2. The highest BCUT2D eigenvalue weighted by Crippen LogP contribution is 2.30. The van der Waals surface area contributed by atoms with E-state index in [1.165, 1.54) is 13.8 Å². The fourth-order valence-electron chi connectivity index (χ4n) is 5.94. The van der Waals surface area contributed by atoms with Crippen LogP contribution in [0, 0.1) is 13.8 Å². The molecule has 0 aliphatic rings. The van der Waals surface area contributed by atoms with Gasteiger partial charge in [0.15, 0.2) is 0 Å². The smallest absolute Gasteiger partial charge is 0.352 e. The largest absolute Gasteiger partial charge is 0.477 e. The SMILES string of the molecule is CCc1c(Cc2[nH]c(C(=O)O)c(C)c2CCCOC(C)=O)[nH]c(Cc2[nH]c(C(=O)O)c(C)c2CCCOC(C)=O)c1CC. The Labute approximate surface area is 251 Å². The molecular formula is C32H43N3O8. The number of aromatic nitrogens is 3. The first kappa shape index (κ1) is 33.2. The molecule has 0 aliphatic heterocycles. The van der Waals surface area contributed by atoms with Crippen LogP contribution in [0.1, 0.15) is 118 Å². The Morgan fingerprint density at radius 1 is 0.605 bits per heavy atom. The minimum absolute atomic E-state index is 0.152. The zero-order valence-electron chi connectivity index (χ0n) is 25.9. The van der Waals surface area contributed by atoms with Gasteiger partial charge in [-0.1, -0.05) is 13.8 Å². The fourth-order valence-corrected chi connectivity index (χ4v) is 5.94. The van der Waals surface area contributed by atoms with Crippen molar-refractivity contribution in [2.24, 2.45) is 0 Å². The summed E-state index contributed by atoms with van der Waals surface area (Å²) in [5, 5.41) is 19.6. The number of hydrogen-bond acceptors (Lipinski definition) is 6. The van der Waals surface area contributed by atoms with Crippen molar-refractivity contribution in [3.8, 4) is 0 Å². The minimum atomic E-state index is -1.03. The summed E-state index contributed by atoms with van der Waals surface area (Å²) in [4.78, 5) is 56.2. The van der Waals surface area contributed by atoms with Gasteiger partial charge in [-0.3, -0.25) is 9.59 Å². The highest BCUT2D eigenvalue weighted by atomic mass is 16.5. The Morgan fingerprint density at radius 2 is 0.953 bits per heavy atom. The number of carboxylic acids is 2. The van der Waals surface area contributed by atoms with Crippen LogP contribution >= 0.6 is 0 Å². The molecule has 0 fully saturated rings. The van der Waals surface area contributed by atoms with Crippen LogP contribution in [0.5, 0.6) is 0 Å². The number of esters is 2. The maximum atomic E-state index is 11.9.